The van der Waals surface area contributed by atoms with Crippen molar-refractivity contribution in [1.82, 2.24) is 5.32 Å². The van der Waals surface area contributed by atoms with Gasteiger partial charge in [0.1, 0.15) is 0 Å². The monoisotopic (exact) mass is 262 g/mol. The van der Waals surface area contributed by atoms with Crippen LogP contribution in [0.25, 0.3) is 0 Å². The predicted molar refractivity (Wildman–Crippen MR) is 68.4 cm³/mol. The molecule has 1 amide bonds. The normalized spacial score (nSPS) is 10.2. The van der Waals surface area contributed by atoms with Gasteiger partial charge >= 0.3 is 0 Å². The summed E-state index contributed by atoms with van der Waals surface area (Å²) in [5.74, 6) is -2.88. The van der Waals surface area contributed by atoms with E-state index in [0.29, 0.717) is 11.3 Å². The van der Waals surface area contributed by atoms with Gasteiger partial charge in [0.25, 0.3) is 5.91 Å². The van der Waals surface area contributed by atoms with Crippen molar-refractivity contribution in [3.63, 3.8) is 0 Å². The molecule has 2 aromatic carbocycles. The molecule has 19 heavy (non-hydrogen) atoms. The lowest BCUT2D eigenvalue weighted by molar-refractivity contribution is 0.0946. The molecule has 2 aromatic rings. The molecule has 0 saturated carbocycles. The number of amides is 1. The summed E-state index contributed by atoms with van der Waals surface area (Å²) in [5.41, 5.74) is 6.64. The highest BCUT2D eigenvalue weighted by molar-refractivity contribution is 5.94. The summed E-state index contributed by atoms with van der Waals surface area (Å²) >= 11 is 0. The molecular weight excluding hydrogens is 250 g/mol. The highest BCUT2D eigenvalue weighted by Crippen LogP contribution is 2.13. The van der Waals surface area contributed by atoms with Gasteiger partial charge in [0.15, 0.2) is 11.6 Å². The van der Waals surface area contributed by atoms with E-state index in [0.717, 1.165) is 6.07 Å². The summed E-state index contributed by atoms with van der Waals surface area (Å²) < 4.78 is 26.4. The van der Waals surface area contributed by atoms with Crippen molar-refractivity contribution in [2.75, 3.05) is 5.73 Å². The molecule has 3 N–H and O–H groups in total. The van der Waals surface area contributed by atoms with Gasteiger partial charge < -0.3 is 11.1 Å². The number of para-hydroxylation sites is 1. The first-order chi connectivity index (χ1) is 9.09. The second-order valence-corrected chi connectivity index (χ2v) is 3.98. The van der Waals surface area contributed by atoms with Crippen LogP contribution in [0.4, 0.5) is 14.5 Å². The first-order valence-corrected chi connectivity index (χ1v) is 5.65. The molecule has 0 bridgehead atoms. The summed E-state index contributed by atoms with van der Waals surface area (Å²) in [4.78, 5) is 11.7. The number of halogens is 2. The van der Waals surface area contributed by atoms with Gasteiger partial charge in [0.2, 0.25) is 0 Å². The summed E-state index contributed by atoms with van der Waals surface area (Å²) in [6.45, 7) is 0.154. The van der Waals surface area contributed by atoms with Crippen LogP contribution in [0, 0.1) is 11.6 Å². The van der Waals surface area contributed by atoms with E-state index in [2.05, 4.69) is 5.32 Å². The number of hydrogen-bond donors (Lipinski definition) is 2. The molecule has 98 valence electrons. The molecule has 0 atom stereocenters. The van der Waals surface area contributed by atoms with E-state index >= 15 is 0 Å². The molecule has 2 rings (SSSR count). The zero-order valence-electron chi connectivity index (χ0n) is 9.99. The molecule has 0 unspecified atom stereocenters. The molecular formula is C14H12F2N2O. The van der Waals surface area contributed by atoms with E-state index in [-0.39, 0.29) is 12.1 Å². The molecule has 0 spiro atoms. The van der Waals surface area contributed by atoms with Crippen molar-refractivity contribution in [3.05, 3.63) is 65.2 Å². The van der Waals surface area contributed by atoms with Crippen LogP contribution in [0.2, 0.25) is 0 Å². The van der Waals surface area contributed by atoms with Gasteiger partial charge in [-0.2, -0.15) is 0 Å². The number of benzene rings is 2. The standard InChI is InChI=1S/C14H12F2N2O/c15-11-6-3-5-10(13(11)16)14(19)18-8-9-4-1-2-7-12(9)17/h1-7H,8,17H2,(H,18,19). The topological polar surface area (TPSA) is 55.1 Å². The van der Waals surface area contributed by atoms with Crippen LogP contribution in [-0.2, 0) is 6.54 Å². The fraction of sp³-hybridized carbons (Fsp3) is 0.0714. The van der Waals surface area contributed by atoms with Crippen molar-refractivity contribution in [1.29, 1.82) is 0 Å². The number of nitrogens with one attached hydrogen (secondary N) is 1. The van der Waals surface area contributed by atoms with E-state index in [9.17, 15) is 13.6 Å². The minimum Gasteiger partial charge on any atom is -0.398 e. The Balaban J connectivity index is 2.10. The number of nitrogen functional groups attached to an aromatic ring is 1. The van der Waals surface area contributed by atoms with E-state index in [1.807, 2.05) is 0 Å². The Morgan fingerprint density at radius 3 is 2.58 bits per heavy atom. The summed E-state index contributed by atoms with van der Waals surface area (Å²) in [6, 6.07) is 10.5. The molecule has 0 aromatic heterocycles. The third-order valence-corrected chi connectivity index (χ3v) is 2.69. The van der Waals surface area contributed by atoms with E-state index < -0.39 is 17.5 Å². The highest BCUT2D eigenvalue weighted by Gasteiger charge is 2.14. The molecule has 0 fully saturated rings. The molecule has 0 heterocycles. The molecule has 3 nitrogen and oxygen atoms in total. The minimum atomic E-state index is -1.15. The van der Waals surface area contributed by atoms with Gasteiger partial charge in [-0.1, -0.05) is 24.3 Å². The van der Waals surface area contributed by atoms with E-state index in [4.69, 9.17) is 5.73 Å². The van der Waals surface area contributed by atoms with Crippen molar-refractivity contribution >= 4 is 11.6 Å². The smallest absolute Gasteiger partial charge is 0.254 e. The maximum atomic E-state index is 13.4. The average molecular weight is 262 g/mol. The van der Waals surface area contributed by atoms with E-state index in [1.165, 1.54) is 12.1 Å². The van der Waals surface area contributed by atoms with Crippen LogP contribution < -0.4 is 11.1 Å². The van der Waals surface area contributed by atoms with Gasteiger partial charge in [0, 0.05) is 12.2 Å². The molecule has 0 saturated heterocycles. The Labute approximate surface area is 109 Å². The number of carbonyl (C=O) groups excluding carboxylic acids is 1. The lowest BCUT2D eigenvalue weighted by Gasteiger charge is -2.08. The Hall–Kier alpha value is -2.43. The van der Waals surface area contributed by atoms with Gasteiger partial charge in [-0.3, -0.25) is 4.79 Å². The van der Waals surface area contributed by atoms with Crippen LogP contribution in [-0.4, -0.2) is 5.91 Å². The Kier molecular flexibility index (Phi) is 3.75. The second-order valence-electron chi connectivity index (χ2n) is 3.98. The summed E-state index contributed by atoms with van der Waals surface area (Å²) in [6.07, 6.45) is 0. The molecule has 0 aliphatic heterocycles. The van der Waals surface area contributed by atoms with Crippen molar-refractivity contribution in [3.8, 4) is 0 Å². The predicted octanol–water partition coefficient (Wildman–Crippen LogP) is 2.48. The zero-order valence-corrected chi connectivity index (χ0v) is 9.99. The number of anilines is 1. The fourth-order valence-electron chi connectivity index (χ4n) is 1.65. The minimum absolute atomic E-state index is 0.154. The number of rotatable bonds is 3. The van der Waals surface area contributed by atoms with Crippen LogP contribution in [0.5, 0.6) is 0 Å². The molecule has 0 aliphatic rings. The Morgan fingerprint density at radius 1 is 1.11 bits per heavy atom. The van der Waals surface area contributed by atoms with E-state index in [1.54, 1.807) is 24.3 Å². The third kappa shape index (κ3) is 2.88. The summed E-state index contributed by atoms with van der Waals surface area (Å²) in [7, 11) is 0. The number of carbonyl (C=O) groups is 1. The average Bonchev–Trinajstić information content (AvgIpc) is 2.40. The Morgan fingerprint density at radius 2 is 1.84 bits per heavy atom. The fourth-order valence-corrected chi connectivity index (χ4v) is 1.65. The van der Waals surface area contributed by atoms with Crippen LogP contribution in [0.1, 0.15) is 15.9 Å². The lowest BCUT2D eigenvalue weighted by atomic mass is 10.1. The summed E-state index contributed by atoms with van der Waals surface area (Å²) in [5, 5.41) is 2.50. The van der Waals surface area contributed by atoms with Gasteiger partial charge in [0.05, 0.1) is 5.56 Å². The first kappa shape index (κ1) is 13.0. The Bertz CT molecular complexity index is 614. The SMILES string of the molecule is Nc1ccccc1CNC(=O)c1cccc(F)c1F. The largest absolute Gasteiger partial charge is 0.398 e. The molecule has 5 heteroatoms. The van der Waals surface area contributed by atoms with Crippen LogP contribution in [0.3, 0.4) is 0 Å². The zero-order chi connectivity index (χ0) is 13.8. The third-order valence-electron chi connectivity index (χ3n) is 2.69. The lowest BCUT2D eigenvalue weighted by Crippen LogP contribution is -2.24. The van der Waals surface area contributed by atoms with Gasteiger partial charge in [-0.15, -0.1) is 0 Å². The van der Waals surface area contributed by atoms with Gasteiger partial charge in [-0.25, -0.2) is 8.78 Å². The van der Waals surface area contributed by atoms with Crippen LogP contribution >= 0.6 is 0 Å². The first-order valence-electron chi connectivity index (χ1n) is 5.65. The highest BCUT2D eigenvalue weighted by atomic mass is 19.2. The van der Waals surface area contributed by atoms with Crippen molar-refractivity contribution in [2.45, 2.75) is 6.54 Å². The number of hydrogen-bond acceptors (Lipinski definition) is 2. The molecule has 0 aliphatic carbocycles. The number of nitrogens with two attached hydrogens (primary N) is 1. The van der Waals surface area contributed by atoms with Gasteiger partial charge in [-0.05, 0) is 23.8 Å². The van der Waals surface area contributed by atoms with Crippen molar-refractivity contribution < 1.29 is 13.6 Å². The maximum Gasteiger partial charge on any atom is 0.254 e. The second kappa shape index (κ2) is 5.48. The van der Waals surface area contributed by atoms with Crippen molar-refractivity contribution in [2.24, 2.45) is 0 Å². The molecule has 0 radical (unpaired) electrons. The maximum absolute atomic E-state index is 13.4. The van der Waals surface area contributed by atoms with Crippen LogP contribution in [0.15, 0.2) is 42.5 Å². The quantitative estimate of drug-likeness (QED) is 0.835.